The molecule has 0 saturated carbocycles. The van der Waals surface area contributed by atoms with E-state index in [-0.39, 0.29) is 24.1 Å². The van der Waals surface area contributed by atoms with E-state index in [1.807, 2.05) is 30.0 Å². The fourth-order valence-corrected chi connectivity index (χ4v) is 3.50. The summed E-state index contributed by atoms with van der Waals surface area (Å²) in [5, 5.41) is 2.85. The number of amides is 2. The van der Waals surface area contributed by atoms with E-state index in [4.69, 9.17) is 9.47 Å². The maximum atomic E-state index is 12.6. The van der Waals surface area contributed by atoms with E-state index in [9.17, 15) is 9.59 Å². The van der Waals surface area contributed by atoms with E-state index in [1.165, 1.54) is 0 Å². The number of rotatable bonds is 5. The molecule has 2 heterocycles. The van der Waals surface area contributed by atoms with Crippen LogP contribution in [0.25, 0.3) is 0 Å². The number of carbonyl (C=O) groups excluding carboxylic acids is 2. The molecule has 1 unspecified atom stereocenters. The van der Waals surface area contributed by atoms with Crippen molar-refractivity contribution in [1.82, 2.24) is 10.2 Å². The molecule has 1 N–H and O–H groups in total. The number of nitrogens with one attached hydrogen (secondary N) is 1. The predicted molar refractivity (Wildman–Crippen MR) is 93.2 cm³/mol. The number of ether oxygens (including phenoxy) is 2. The highest BCUT2D eigenvalue weighted by Crippen LogP contribution is 2.24. The number of carbonyl (C=O) groups is 2. The normalized spacial score (nSPS) is 21.3. The lowest BCUT2D eigenvalue weighted by molar-refractivity contribution is -0.150. The monoisotopic (exact) mass is 346 g/mol. The predicted octanol–water partition coefficient (Wildman–Crippen LogP) is 1.87. The van der Waals surface area contributed by atoms with Gasteiger partial charge in [-0.25, -0.2) is 0 Å². The first-order chi connectivity index (χ1) is 12.2. The molecule has 2 amide bonds. The first-order valence-corrected chi connectivity index (χ1v) is 9.03. The van der Waals surface area contributed by atoms with Crippen molar-refractivity contribution in [3.05, 3.63) is 35.4 Å². The van der Waals surface area contributed by atoms with Crippen molar-refractivity contribution in [2.24, 2.45) is 0 Å². The van der Waals surface area contributed by atoms with Crippen LogP contribution in [0.1, 0.15) is 41.6 Å². The van der Waals surface area contributed by atoms with Crippen LogP contribution in [-0.4, -0.2) is 55.3 Å². The Morgan fingerprint density at radius 1 is 1.20 bits per heavy atom. The molecule has 6 nitrogen and oxygen atoms in total. The fourth-order valence-electron chi connectivity index (χ4n) is 3.50. The topological polar surface area (TPSA) is 67.9 Å². The van der Waals surface area contributed by atoms with Crippen LogP contribution < -0.4 is 5.32 Å². The zero-order chi connectivity index (χ0) is 17.6. The Balaban J connectivity index is 1.51. The van der Waals surface area contributed by atoms with Crippen molar-refractivity contribution in [2.75, 3.05) is 26.3 Å². The average molecular weight is 346 g/mol. The summed E-state index contributed by atoms with van der Waals surface area (Å²) >= 11 is 0. The molecule has 2 saturated heterocycles. The minimum atomic E-state index is -0.300. The van der Waals surface area contributed by atoms with Crippen molar-refractivity contribution >= 4 is 11.8 Å². The van der Waals surface area contributed by atoms with E-state index < -0.39 is 0 Å². The van der Waals surface area contributed by atoms with E-state index in [1.54, 1.807) is 6.07 Å². The molecule has 3 rings (SSSR count). The molecule has 2 aliphatic heterocycles. The lowest BCUT2D eigenvalue weighted by Crippen LogP contribution is -2.50. The van der Waals surface area contributed by atoms with Gasteiger partial charge in [-0.3, -0.25) is 9.59 Å². The molecule has 25 heavy (non-hydrogen) atoms. The van der Waals surface area contributed by atoms with Crippen LogP contribution in [0.5, 0.6) is 0 Å². The van der Waals surface area contributed by atoms with Crippen molar-refractivity contribution in [3.8, 4) is 0 Å². The smallest absolute Gasteiger partial charge is 0.251 e. The van der Waals surface area contributed by atoms with E-state index in [0.717, 1.165) is 31.4 Å². The van der Waals surface area contributed by atoms with Gasteiger partial charge in [-0.05, 0) is 37.8 Å². The second kappa shape index (κ2) is 8.45. The quantitative estimate of drug-likeness (QED) is 0.884. The molecule has 0 radical (unpaired) electrons. The molecule has 0 aliphatic carbocycles. The van der Waals surface area contributed by atoms with E-state index in [0.29, 0.717) is 31.7 Å². The van der Waals surface area contributed by atoms with Gasteiger partial charge in [0.05, 0.1) is 19.3 Å². The first-order valence-electron chi connectivity index (χ1n) is 9.03. The van der Waals surface area contributed by atoms with Crippen LogP contribution in [0.4, 0.5) is 0 Å². The molecule has 1 aromatic rings. The van der Waals surface area contributed by atoms with Crippen molar-refractivity contribution in [3.63, 3.8) is 0 Å². The summed E-state index contributed by atoms with van der Waals surface area (Å²) in [6.07, 6.45) is 2.99. The molecule has 0 aromatic heterocycles. The summed E-state index contributed by atoms with van der Waals surface area (Å²) in [5.41, 5.74) is 1.58. The third-order valence-corrected chi connectivity index (χ3v) is 4.85. The Morgan fingerprint density at radius 2 is 1.96 bits per heavy atom. The molecule has 1 atom stereocenters. The SMILES string of the molecule is Cc1ccccc1C(=O)NCCC(=O)N1CCCCC1C1OCCO1. The number of likely N-dealkylation sites (tertiary alicyclic amines) is 1. The summed E-state index contributed by atoms with van der Waals surface area (Å²) < 4.78 is 11.2. The molecule has 2 aliphatic rings. The zero-order valence-electron chi connectivity index (χ0n) is 14.7. The summed E-state index contributed by atoms with van der Waals surface area (Å²) in [5.74, 6) is -0.0857. The second-order valence-corrected chi connectivity index (χ2v) is 6.58. The molecule has 0 spiro atoms. The van der Waals surface area contributed by atoms with Gasteiger partial charge < -0.3 is 19.7 Å². The Labute approximate surface area is 148 Å². The number of benzene rings is 1. The Morgan fingerprint density at radius 3 is 2.72 bits per heavy atom. The molecule has 6 heteroatoms. The minimum Gasteiger partial charge on any atom is -0.352 e. The molecule has 1 aromatic carbocycles. The van der Waals surface area contributed by atoms with Crippen molar-refractivity contribution in [2.45, 2.75) is 44.9 Å². The number of hydrogen-bond donors (Lipinski definition) is 1. The highest BCUT2D eigenvalue weighted by atomic mass is 16.7. The highest BCUT2D eigenvalue weighted by Gasteiger charge is 2.35. The maximum Gasteiger partial charge on any atom is 0.251 e. The fraction of sp³-hybridized carbons (Fsp3) is 0.579. The number of nitrogens with zero attached hydrogens (tertiary/aromatic N) is 1. The largest absolute Gasteiger partial charge is 0.352 e. The Bertz CT molecular complexity index is 613. The summed E-state index contributed by atoms with van der Waals surface area (Å²) in [7, 11) is 0. The first kappa shape index (κ1) is 17.9. The van der Waals surface area contributed by atoms with Crippen LogP contribution >= 0.6 is 0 Å². The van der Waals surface area contributed by atoms with Gasteiger partial charge in [0, 0.05) is 25.1 Å². The summed E-state index contributed by atoms with van der Waals surface area (Å²) in [6, 6.07) is 7.43. The average Bonchev–Trinajstić information content (AvgIpc) is 3.16. The Kier molecular flexibility index (Phi) is 6.04. The Hall–Kier alpha value is -1.92. The number of hydrogen-bond acceptors (Lipinski definition) is 4. The summed E-state index contributed by atoms with van der Waals surface area (Å²) in [6.45, 7) is 4.16. The molecule has 0 bridgehead atoms. The van der Waals surface area contributed by atoms with E-state index >= 15 is 0 Å². The minimum absolute atomic E-state index is 0.00387. The van der Waals surface area contributed by atoms with Crippen LogP contribution in [0.15, 0.2) is 24.3 Å². The van der Waals surface area contributed by atoms with Gasteiger partial charge in [0.1, 0.15) is 0 Å². The maximum absolute atomic E-state index is 12.6. The van der Waals surface area contributed by atoms with E-state index in [2.05, 4.69) is 5.32 Å². The van der Waals surface area contributed by atoms with Gasteiger partial charge in [0.25, 0.3) is 5.91 Å². The van der Waals surface area contributed by atoms with Gasteiger partial charge in [-0.1, -0.05) is 18.2 Å². The zero-order valence-corrected chi connectivity index (χ0v) is 14.7. The van der Waals surface area contributed by atoms with Crippen LogP contribution in [0.2, 0.25) is 0 Å². The lowest BCUT2D eigenvalue weighted by atomic mass is 10.0. The van der Waals surface area contributed by atoms with Gasteiger partial charge in [0.15, 0.2) is 6.29 Å². The summed E-state index contributed by atoms with van der Waals surface area (Å²) in [4.78, 5) is 26.7. The third kappa shape index (κ3) is 4.38. The van der Waals surface area contributed by atoms with Gasteiger partial charge in [-0.2, -0.15) is 0 Å². The molecule has 2 fully saturated rings. The number of aryl methyl sites for hydroxylation is 1. The van der Waals surface area contributed by atoms with Crippen LogP contribution in [0, 0.1) is 6.92 Å². The van der Waals surface area contributed by atoms with Gasteiger partial charge in [0.2, 0.25) is 5.91 Å². The molecular weight excluding hydrogens is 320 g/mol. The van der Waals surface area contributed by atoms with Crippen LogP contribution in [0.3, 0.4) is 0 Å². The lowest BCUT2D eigenvalue weighted by Gasteiger charge is -2.38. The third-order valence-electron chi connectivity index (χ3n) is 4.85. The second-order valence-electron chi connectivity index (χ2n) is 6.58. The highest BCUT2D eigenvalue weighted by molar-refractivity contribution is 5.95. The van der Waals surface area contributed by atoms with Crippen LogP contribution in [-0.2, 0) is 14.3 Å². The van der Waals surface area contributed by atoms with Gasteiger partial charge in [-0.15, -0.1) is 0 Å². The van der Waals surface area contributed by atoms with Crippen molar-refractivity contribution < 1.29 is 19.1 Å². The number of piperidine rings is 1. The standard InChI is InChI=1S/C19H26N2O4/c1-14-6-2-3-7-15(14)18(23)20-10-9-17(22)21-11-5-4-8-16(21)19-24-12-13-25-19/h2-3,6-7,16,19H,4-5,8-13H2,1H3,(H,20,23). The van der Waals surface area contributed by atoms with Gasteiger partial charge >= 0.3 is 0 Å². The molecule has 136 valence electrons. The van der Waals surface area contributed by atoms with Crippen molar-refractivity contribution in [1.29, 1.82) is 0 Å². The molecular formula is C19H26N2O4.